The van der Waals surface area contributed by atoms with Crippen LogP contribution in [0.3, 0.4) is 0 Å². The third-order valence-electron chi connectivity index (χ3n) is 1.86. The molecule has 1 aromatic carbocycles. The summed E-state index contributed by atoms with van der Waals surface area (Å²) in [6.45, 7) is 1.90. The molecule has 0 N–H and O–H groups in total. The van der Waals surface area contributed by atoms with Crippen LogP contribution in [-0.2, 0) is 9.53 Å². The summed E-state index contributed by atoms with van der Waals surface area (Å²) in [5, 5.41) is 3.10. The van der Waals surface area contributed by atoms with Gasteiger partial charge in [-0.1, -0.05) is 0 Å². The van der Waals surface area contributed by atoms with E-state index in [0.717, 1.165) is 4.46 Å². The van der Waals surface area contributed by atoms with Crippen molar-refractivity contribution in [1.29, 1.82) is 0 Å². The Hall–Kier alpha value is -1.74. The van der Waals surface area contributed by atoms with Crippen molar-refractivity contribution in [3.8, 4) is 0 Å². The number of esters is 1. The number of hydrogen-bond donors (Lipinski definition) is 0. The van der Waals surface area contributed by atoms with Gasteiger partial charge >= 0.3 is 111 Å². The first-order valence-corrected chi connectivity index (χ1v) is 7.16. The minimum absolute atomic E-state index is 0.0767. The number of rotatable bonds is 6. The van der Waals surface area contributed by atoms with Gasteiger partial charge in [0.1, 0.15) is 0 Å². The zero-order valence-electron chi connectivity index (χ0n) is 9.89. The summed E-state index contributed by atoms with van der Waals surface area (Å²) in [6, 6.07) is 9.71. The number of allylic oxidation sites excluding steroid dienone is 1. The van der Waals surface area contributed by atoms with Crippen molar-refractivity contribution in [3.63, 3.8) is 0 Å². The molecule has 0 aliphatic rings. The molecule has 1 atom stereocenters. The molecule has 0 amide bonds. The molecule has 0 aliphatic carbocycles. The van der Waals surface area contributed by atoms with E-state index in [4.69, 9.17) is 10.3 Å². The molecule has 18 heavy (non-hydrogen) atoms. The molecule has 0 saturated carbocycles. The molecule has 0 fully saturated rings. The SMILES string of the molecule is C/C=C/C(=O)OC(CN=[N+]=[N-])[Se]c1ccccc1. The van der Waals surface area contributed by atoms with E-state index >= 15 is 0 Å². The molecule has 0 bridgehead atoms. The molecule has 0 aliphatic heterocycles. The molecular formula is C12H13N3O2Se. The van der Waals surface area contributed by atoms with Crippen molar-refractivity contribution < 1.29 is 9.53 Å². The van der Waals surface area contributed by atoms with Gasteiger partial charge in [-0.15, -0.1) is 0 Å². The van der Waals surface area contributed by atoms with E-state index in [2.05, 4.69) is 10.0 Å². The second-order valence-electron chi connectivity index (χ2n) is 3.21. The first-order valence-electron chi connectivity index (χ1n) is 5.32. The van der Waals surface area contributed by atoms with Crippen molar-refractivity contribution in [1.82, 2.24) is 0 Å². The van der Waals surface area contributed by atoms with E-state index in [1.165, 1.54) is 6.08 Å². The zero-order chi connectivity index (χ0) is 13.2. The van der Waals surface area contributed by atoms with Crippen molar-refractivity contribution >= 4 is 25.4 Å². The average molecular weight is 310 g/mol. The Morgan fingerprint density at radius 1 is 1.56 bits per heavy atom. The van der Waals surface area contributed by atoms with E-state index in [9.17, 15) is 4.79 Å². The number of azide groups is 1. The number of benzene rings is 1. The van der Waals surface area contributed by atoms with Crippen LogP contribution in [0.25, 0.3) is 10.4 Å². The number of ether oxygens (including phenoxy) is 1. The molecular weight excluding hydrogens is 297 g/mol. The molecule has 1 unspecified atom stereocenters. The standard InChI is InChI=1S/C12H13N3O2Se/c1-2-6-11(16)17-12(9-14-15-13)18-10-7-4-3-5-8-10/h2-8,12H,9H2,1H3/b6-2+. The van der Waals surface area contributed by atoms with Gasteiger partial charge in [0.25, 0.3) is 0 Å². The van der Waals surface area contributed by atoms with Crippen molar-refractivity contribution in [2.45, 2.75) is 11.9 Å². The quantitative estimate of drug-likeness (QED) is 0.200. The number of carbonyl (C=O) groups excluding carboxylic acids is 1. The minimum atomic E-state index is -0.409. The Morgan fingerprint density at radius 2 is 2.28 bits per heavy atom. The van der Waals surface area contributed by atoms with Crippen LogP contribution in [-0.4, -0.2) is 32.5 Å². The van der Waals surface area contributed by atoms with Gasteiger partial charge in [-0.2, -0.15) is 0 Å². The predicted molar refractivity (Wildman–Crippen MR) is 70.5 cm³/mol. The normalized spacial score (nSPS) is 11.8. The van der Waals surface area contributed by atoms with Crippen LogP contribution in [0.2, 0.25) is 0 Å². The fourth-order valence-electron chi connectivity index (χ4n) is 1.16. The maximum atomic E-state index is 11.4. The zero-order valence-corrected chi connectivity index (χ0v) is 11.6. The van der Waals surface area contributed by atoms with Gasteiger partial charge < -0.3 is 0 Å². The van der Waals surface area contributed by atoms with Crippen LogP contribution >= 0.6 is 0 Å². The number of hydrogen-bond acceptors (Lipinski definition) is 3. The van der Waals surface area contributed by atoms with Gasteiger partial charge in [-0.3, -0.25) is 0 Å². The molecule has 0 saturated heterocycles. The third kappa shape index (κ3) is 5.55. The van der Waals surface area contributed by atoms with Gasteiger partial charge in [0, 0.05) is 0 Å². The van der Waals surface area contributed by atoms with E-state index in [0.29, 0.717) is 0 Å². The van der Waals surface area contributed by atoms with Gasteiger partial charge in [0.15, 0.2) is 0 Å². The Bertz CT molecular complexity index is 456. The van der Waals surface area contributed by atoms with Gasteiger partial charge in [0.2, 0.25) is 0 Å². The summed E-state index contributed by atoms with van der Waals surface area (Å²) in [4.78, 5) is 14.1. The number of nitrogens with zero attached hydrogens (tertiary/aromatic N) is 3. The average Bonchev–Trinajstić information content (AvgIpc) is 2.37. The topological polar surface area (TPSA) is 75.1 Å². The van der Waals surface area contributed by atoms with Crippen LogP contribution in [0.1, 0.15) is 6.92 Å². The molecule has 1 rings (SSSR count). The second kappa shape index (κ2) is 8.36. The van der Waals surface area contributed by atoms with Crippen LogP contribution in [0.15, 0.2) is 47.6 Å². The molecule has 0 spiro atoms. The summed E-state index contributed by atoms with van der Waals surface area (Å²) in [5.74, 6) is -0.409. The number of carbonyl (C=O) groups is 1. The van der Waals surface area contributed by atoms with Crippen LogP contribution < -0.4 is 4.46 Å². The fourth-order valence-corrected chi connectivity index (χ4v) is 3.05. The summed E-state index contributed by atoms with van der Waals surface area (Å²) >= 11 is -0.0767. The molecule has 0 heterocycles. The summed E-state index contributed by atoms with van der Waals surface area (Å²) < 4.78 is 6.33. The van der Waals surface area contributed by atoms with E-state index < -0.39 is 5.97 Å². The predicted octanol–water partition coefficient (Wildman–Crippen LogP) is 1.77. The molecule has 1 aromatic rings. The van der Waals surface area contributed by atoms with E-state index in [-0.39, 0.29) is 26.5 Å². The van der Waals surface area contributed by atoms with Crippen molar-refractivity contribution in [3.05, 3.63) is 52.9 Å². The molecule has 6 heteroatoms. The third-order valence-corrected chi connectivity index (χ3v) is 4.06. The molecule has 5 nitrogen and oxygen atoms in total. The molecule has 0 aromatic heterocycles. The van der Waals surface area contributed by atoms with Crippen LogP contribution in [0, 0.1) is 0 Å². The monoisotopic (exact) mass is 311 g/mol. The van der Waals surface area contributed by atoms with Crippen LogP contribution in [0.4, 0.5) is 0 Å². The van der Waals surface area contributed by atoms with Crippen molar-refractivity contribution in [2.75, 3.05) is 6.54 Å². The summed E-state index contributed by atoms with van der Waals surface area (Å²) in [6.07, 6.45) is 2.96. The molecule has 0 radical (unpaired) electrons. The Labute approximate surface area is 112 Å². The first-order chi connectivity index (χ1) is 8.76. The summed E-state index contributed by atoms with van der Waals surface area (Å²) in [5.41, 5.74) is 8.33. The van der Waals surface area contributed by atoms with Gasteiger partial charge in [-0.25, -0.2) is 0 Å². The van der Waals surface area contributed by atoms with Crippen LogP contribution in [0.5, 0.6) is 0 Å². The Kier molecular flexibility index (Phi) is 6.66. The first kappa shape index (κ1) is 14.3. The van der Waals surface area contributed by atoms with Gasteiger partial charge in [-0.05, 0) is 0 Å². The molecule has 94 valence electrons. The summed E-state index contributed by atoms with van der Waals surface area (Å²) in [7, 11) is 0. The second-order valence-corrected chi connectivity index (χ2v) is 5.80. The van der Waals surface area contributed by atoms with E-state index in [1.807, 2.05) is 30.3 Å². The Morgan fingerprint density at radius 3 is 2.89 bits per heavy atom. The van der Waals surface area contributed by atoms with E-state index in [1.54, 1.807) is 13.0 Å². The Balaban J connectivity index is 2.66. The fraction of sp³-hybridized carbons (Fsp3) is 0.250. The van der Waals surface area contributed by atoms with Gasteiger partial charge in [0.05, 0.1) is 0 Å². The maximum absolute atomic E-state index is 11.4. The van der Waals surface area contributed by atoms with Crippen molar-refractivity contribution in [2.24, 2.45) is 5.11 Å².